The highest BCUT2D eigenvalue weighted by atomic mass is 32.2. The SMILES string of the molecule is CC[C@H](C(=O)NC1CCCCC1)N(Cc1ccc(OC)cc1)C(=O)CN(c1cc([N+](=O)[O-])ccc1C)S(C)(=O)=O. The lowest BCUT2D eigenvalue weighted by Gasteiger charge is -2.34. The summed E-state index contributed by atoms with van der Waals surface area (Å²) < 4.78 is 31.8. The van der Waals surface area contributed by atoms with Crippen LogP contribution in [0, 0.1) is 17.0 Å². The molecule has 2 aromatic rings. The van der Waals surface area contributed by atoms with Crippen molar-refractivity contribution in [3.8, 4) is 5.75 Å². The number of amides is 2. The van der Waals surface area contributed by atoms with Crippen molar-refractivity contribution in [1.82, 2.24) is 10.2 Å². The number of nitrogens with one attached hydrogen (secondary N) is 1. The second kappa shape index (κ2) is 13.6. The minimum absolute atomic E-state index is 0.0354. The fraction of sp³-hybridized carbons (Fsp3) is 0.500. The van der Waals surface area contributed by atoms with E-state index in [0.29, 0.717) is 17.7 Å². The maximum Gasteiger partial charge on any atom is 0.271 e. The maximum atomic E-state index is 13.9. The first kappa shape index (κ1) is 30.9. The number of hydrogen-bond donors (Lipinski definition) is 1. The summed E-state index contributed by atoms with van der Waals surface area (Å²) in [5, 5.41) is 14.5. The van der Waals surface area contributed by atoms with Crippen molar-refractivity contribution in [3.05, 3.63) is 63.7 Å². The fourth-order valence-corrected chi connectivity index (χ4v) is 5.87. The molecule has 0 saturated heterocycles. The number of carbonyl (C=O) groups is 2. The van der Waals surface area contributed by atoms with E-state index >= 15 is 0 Å². The average Bonchev–Trinajstić information content (AvgIpc) is 2.92. The average molecular weight is 575 g/mol. The molecule has 1 atom stereocenters. The number of sulfonamides is 1. The summed E-state index contributed by atoms with van der Waals surface area (Å²) >= 11 is 0. The van der Waals surface area contributed by atoms with Gasteiger partial charge in [0.25, 0.3) is 5.69 Å². The van der Waals surface area contributed by atoms with E-state index in [4.69, 9.17) is 4.74 Å². The number of nitro groups is 1. The molecule has 11 nitrogen and oxygen atoms in total. The normalized spacial score (nSPS) is 14.7. The van der Waals surface area contributed by atoms with Gasteiger partial charge < -0.3 is 15.0 Å². The predicted molar refractivity (Wildman–Crippen MR) is 153 cm³/mol. The van der Waals surface area contributed by atoms with Crippen LogP contribution in [0.15, 0.2) is 42.5 Å². The van der Waals surface area contributed by atoms with Crippen molar-refractivity contribution < 1.29 is 27.7 Å². The first-order chi connectivity index (χ1) is 18.9. The summed E-state index contributed by atoms with van der Waals surface area (Å²) in [6.45, 7) is 2.86. The Kier molecular flexibility index (Phi) is 10.5. The van der Waals surface area contributed by atoms with Crippen molar-refractivity contribution in [2.45, 2.75) is 71.0 Å². The summed E-state index contributed by atoms with van der Waals surface area (Å²) in [7, 11) is -2.48. The molecular formula is C28H38N4O7S. The number of benzene rings is 2. The molecule has 1 aliphatic carbocycles. The summed E-state index contributed by atoms with van der Waals surface area (Å²) in [6.07, 6.45) is 6.20. The van der Waals surface area contributed by atoms with E-state index in [2.05, 4.69) is 5.32 Å². The number of methoxy groups -OCH3 is 1. The number of aryl methyl sites for hydroxylation is 1. The number of nitro benzene ring substituents is 1. The lowest BCUT2D eigenvalue weighted by atomic mass is 9.95. The molecule has 0 unspecified atom stereocenters. The molecule has 0 heterocycles. The molecule has 0 aromatic heterocycles. The van der Waals surface area contributed by atoms with E-state index in [1.807, 2.05) is 0 Å². The van der Waals surface area contributed by atoms with Crippen LogP contribution in [0.3, 0.4) is 0 Å². The third-order valence-corrected chi connectivity index (χ3v) is 8.33. The predicted octanol–water partition coefficient (Wildman–Crippen LogP) is 3.93. The minimum atomic E-state index is -4.02. The molecular weight excluding hydrogens is 536 g/mol. The van der Waals surface area contributed by atoms with Gasteiger partial charge in [0.15, 0.2) is 0 Å². The van der Waals surface area contributed by atoms with Gasteiger partial charge in [0.1, 0.15) is 18.3 Å². The van der Waals surface area contributed by atoms with Crippen LogP contribution in [0.25, 0.3) is 0 Å². The van der Waals surface area contributed by atoms with Gasteiger partial charge in [-0.05, 0) is 49.4 Å². The summed E-state index contributed by atoms with van der Waals surface area (Å²) in [4.78, 5) is 39.5. The molecule has 1 aliphatic rings. The topological polar surface area (TPSA) is 139 Å². The smallest absolute Gasteiger partial charge is 0.271 e. The van der Waals surface area contributed by atoms with E-state index in [0.717, 1.165) is 54.3 Å². The van der Waals surface area contributed by atoms with Crippen molar-refractivity contribution in [3.63, 3.8) is 0 Å². The zero-order valence-corrected chi connectivity index (χ0v) is 24.3. The lowest BCUT2D eigenvalue weighted by molar-refractivity contribution is -0.384. The van der Waals surface area contributed by atoms with Crippen LogP contribution >= 0.6 is 0 Å². The minimum Gasteiger partial charge on any atom is -0.497 e. The van der Waals surface area contributed by atoms with Gasteiger partial charge in [-0.25, -0.2) is 8.42 Å². The van der Waals surface area contributed by atoms with Gasteiger partial charge in [0, 0.05) is 24.7 Å². The molecule has 3 rings (SSSR count). The molecule has 1 fully saturated rings. The summed E-state index contributed by atoms with van der Waals surface area (Å²) in [6, 6.07) is 10.1. The summed E-state index contributed by atoms with van der Waals surface area (Å²) in [5.41, 5.74) is 0.923. The van der Waals surface area contributed by atoms with Crippen LogP contribution in [-0.2, 0) is 26.2 Å². The number of hydrogen-bond acceptors (Lipinski definition) is 7. The molecule has 0 bridgehead atoms. The number of ether oxygens (including phenoxy) is 1. The summed E-state index contributed by atoms with van der Waals surface area (Å²) in [5.74, 6) is -0.250. The molecule has 2 amide bonds. The molecule has 0 spiro atoms. The van der Waals surface area contributed by atoms with Crippen LogP contribution in [0.2, 0.25) is 0 Å². The number of nitrogens with zero attached hydrogens (tertiary/aromatic N) is 3. The van der Waals surface area contributed by atoms with Crippen LogP contribution in [0.5, 0.6) is 5.75 Å². The van der Waals surface area contributed by atoms with Crippen molar-refractivity contribution in [1.29, 1.82) is 0 Å². The number of non-ortho nitro benzene ring substituents is 1. The molecule has 1 saturated carbocycles. The zero-order chi connectivity index (χ0) is 29.4. The second-order valence-electron chi connectivity index (χ2n) is 10.1. The number of anilines is 1. The van der Waals surface area contributed by atoms with E-state index in [-0.39, 0.29) is 29.9 Å². The highest BCUT2D eigenvalue weighted by Gasteiger charge is 2.33. The monoisotopic (exact) mass is 574 g/mol. The number of rotatable bonds is 12. The quantitative estimate of drug-likeness (QED) is 0.299. The third kappa shape index (κ3) is 7.93. The molecule has 12 heteroatoms. The molecule has 40 heavy (non-hydrogen) atoms. The van der Waals surface area contributed by atoms with Gasteiger partial charge in [-0.15, -0.1) is 0 Å². The lowest BCUT2D eigenvalue weighted by Crippen LogP contribution is -2.54. The van der Waals surface area contributed by atoms with E-state index < -0.39 is 33.4 Å². The van der Waals surface area contributed by atoms with Crippen LogP contribution in [0.4, 0.5) is 11.4 Å². The van der Waals surface area contributed by atoms with Gasteiger partial charge in [0.2, 0.25) is 21.8 Å². The molecule has 218 valence electrons. The largest absolute Gasteiger partial charge is 0.497 e. The second-order valence-corrected chi connectivity index (χ2v) is 12.0. The first-order valence-corrected chi connectivity index (χ1v) is 15.2. The third-order valence-electron chi connectivity index (χ3n) is 7.20. The van der Waals surface area contributed by atoms with Crippen LogP contribution in [-0.4, -0.2) is 62.0 Å². The Labute approximate surface area is 235 Å². The van der Waals surface area contributed by atoms with Crippen molar-refractivity contribution >= 4 is 33.2 Å². The Morgan fingerprint density at radius 3 is 2.33 bits per heavy atom. The first-order valence-electron chi connectivity index (χ1n) is 13.4. The number of carbonyl (C=O) groups excluding carboxylic acids is 2. The Hall–Kier alpha value is -3.67. The Morgan fingerprint density at radius 1 is 1.12 bits per heavy atom. The molecule has 2 aromatic carbocycles. The standard InChI is InChI=1S/C28H38N4O7S/c1-5-25(28(34)29-22-9-7-6-8-10-22)30(18-21-12-15-24(39-3)16-13-21)27(33)19-31(40(4,37)38)26-17-23(32(35)36)14-11-20(26)2/h11-17,22,25H,5-10,18-19H2,1-4H3,(H,29,34)/t25-/m1/s1. The molecule has 0 aliphatic heterocycles. The van der Waals surface area contributed by atoms with Crippen LogP contribution in [0.1, 0.15) is 56.6 Å². The highest BCUT2D eigenvalue weighted by molar-refractivity contribution is 7.92. The van der Waals surface area contributed by atoms with E-state index in [1.165, 1.54) is 17.0 Å². The Balaban J connectivity index is 1.97. The van der Waals surface area contributed by atoms with Gasteiger partial charge in [-0.3, -0.25) is 24.0 Å². The van der Waals surface area contributed by atoms with Crippen LogP contribution < -0.4 is 14.4 Å². The Morgan fingerprint density at radius 2 is 1.77 bits per heavy atom. The van der Waals surface area contributed by atoms with E-state index in [1.54, 1.807) is 45.2 Å². The van der Waals surface area contributed by atoms with Crippen molar-refractivity contribution in [2.75, 3.05) is 24.2 Å². The Bertz CT molecular complexity index is 1310. The van der Waals surface area contributed by atoms with E-state index in [9.17, 15) is 28.1 Å². The van der Waals surface area contributed by atoms with Gasteiger partial charge in [0.05, 0.1) is 24.0 Å². The molecule has 1 N–H and O–H groups in total. The maximum absolute atomic E-state index is 13.9. The van der Waals surface area contributed by atoms with Gasteiger partial charge in [-0.1, -0.05) is 44.4 Å². The zero-order valence-electron chi connectivity index (χ0n) is 23.5. The van der Waals surface area contributed by atoms with Crippen molar-refractivity contribution in [2.24, 2.45) is 0 Å². The van der Waals surface area contributed by atoms with Gasteiger partial charge >= 0.3 is 0 Å². The highest BCUT2D eigenvalue weighted by Crippen LogP contribution is 2.28. The molecule has 0 radical (unpaired) electrons. The fourth-order valence-electron chi connectivity index (χ4n) is 4.97. The van der Waals surface area contributed by atoms with Gasteiger partial charge in [-0.2, -0.15) is 0 Å².